The van der Waals surface area contributed by atoms with Crippen LogP contribution in [0.15, 0.2) is 18.2 Å². The smallest absolute Gasteiger partial charge is 0.122 e. The Balaban J connectivity index is 2.22. The fourth-order valence-corrected chi connectivity index (χ4v) is 3.28. The van der Waals surface area contributed by atoms with Crippen molar-refractivity contribution in [3.05, 3.63) is 28.8 Å². The summed E-state index contributed by atoms with van der Waals surface area (Å²) in [4.78, 5) is 0. The van der Waals surface area contributed by atoms with E-state index in [9.17, 15) is 0 Å². The van der Waals surface area contributed by atoms with E-state index in [0.29, 0.717) is 5.41 Å². The highest BCUT2D eigenvalue weighted by molar-refractivity contribution is 9.09. The molecule has 1 fully saturated rings. The van der Waals surface area contributed by atoms with Gasteiger partial charge in [0.15, 0.2) is 0 Å². The number of ether oxygens (including phenoxy) is 1. The molecule has 1 aromatic carbocycles. The highest BCUT2D eigenvalue weighted by Crippen LogP contribution is 2.46. The number of halogens is 2. The minimum absolute atomic E-state index is 0.429. The number of hydrogen-bond donors (Lipinski definition) is 0. The van der Waals surface area contributed by atoms with Gasteiger partial charge >= 0.3 is 0 Å². The summed E-state index contributed by atoms with van der Waals surface area (Å²) in [6.07, 6.45) is 5.00. The molecule has 1 nitrogen and oxygen atoms in total. The van der Waals surface area contributed by atoms with Gasteiger partial charge in [0.1, 0.15) is 5.75 Å². The summed E-state index contributed by atoms with van der Waals surface area (Å²) in [6, 6.07) is 5.87. The first kappa shape index (κ1) is 12.3. The molecule has 0 spiro atoms. The van der Waals surface area contributed by atoms with E-state index >= 15 is 0 Å². The van der Waals surface area contributed by atoms with Crippen LogP contribution in [-0.2, 0) is 6.42 Å². The zero-order valence-electron chi connectivity index (χ0n) is 9.43. The summed E-state index contributed by atoms with van der Waals surface area (Å²) in [5.74, 6) is 0.955. The Morgan fingerprint density at radius 3 is 2.69 bits per heavy atom. The fourth-order valence-electron chi connectivity index (χ4n) is 2.32. The quantitative estimate of drug-likeness (QED) is 0.746. The van der Waals surface area contributed by atoms with Gasteiger partial charge in [0.2, 0.25) is 0 Å². The Labute approximate surface area is 110 Å². The van der Waals surface area contributed by atoms with Gasteiger partial charge in [0.05, 0.1) is 7.11 Å². The third kappa shape index (κ3) is 2.38. The van der Waals surface area contributed by atoms with Crippen molar-refractivity contribution in [1.82, 2.24) is 0 Å². The molecule has 3 heteroatoms. The maximum atomic E-state index is 6.04. The molecule has 0 radical (unpaired) electrons. The third-order valence-electron chi connectivity index (χ3n) is 3.51. The van der Waals surface area contributed by atoms with Crippen molar-refractivity contribution in [1.29, 1.82) is 0 Å². The number of benzene rings is 1. The number of rotatable bonds is 4. The van der Waals surface area contributed by atoms with Crippen LogP contribution in [0.25, 0.3) is 0 Å². The van der Waals surface area contributed by atoms with Gasteiger partial charge in [-0.1, -0.05) is 34.0 Å². The Hall–Kier alpha value is -0.210. The van der Waals surface area contributed by atoms with Crippen LogP contribution < -0.4 is 4.74 Å². The van der Waals surface area contributed by atoms with Gasteiger partial charge in [0, 0.05) is 10.4 Å². The van der Waals surface area contributed by atoms with Crippen LogP contribution >= 0.6 is 27.5 Å². The van der Waals surface area contributed by atoms with Crippen molar-refractivity contribution in [3.8, 4) is 5.75 Å². The van der Waals surface area contributed by atoms with Gasteiger partial charge < -0.3 is 4.74 Å². The molecule has 0 aromatic heterocycles. The molecule has 1 aliphatic carbocycles. The lowest BCUT2D eigenvalue weighted by molar-refractivity contribution is 0.168. The highest BCUT2D eigenvalue weighted by Gasteiger charge is 2.36. The third-order valence-corrected chi connectivity index (χ3v) is 4.93. The van der Waals surface area contributed by atoms with Gasteiger partial charge in [-0.3, -0.25) is 0 Å². The molecule has 1 aromatic rings. The van der Waals surface area contributed by atoms with E-state index in [-0.39, 0.29) is 0 Å². The molecule has 0 unspecified atom stereocenters. The van der Waals surface area contributed by atoms with Gasteiger partial charge in [-0.15, -0.1) is 0 Å². The lowest BCUT2D eigenvalue weighted by Crippen LogP contribution is -2.33. The molecule has 0 N–H and O–H groups in total. The van der Waals surface area contributed by atoms with Crippen molar-refractivity contribution in [2.24, 2.45) is 5.41 Å². The van der Waals surface area contributed by atoms with Crippen LogP contribution in [-0.4, -0.2) is 12.4 Å². The predicted octanol–water partition coefficient (Wildman–Crippen LogP) is 4.46. The number of hydrogen-bond acceptors (Lipinski definition) is 1. The van der Waals surface area contributed by atoms with Gasteiger partial charge in [-0.2, -0.15) is 0 Å². The molecule has 1 saturated carbocycles. The summed E-state index contributed by atoms with van der Waals surface area (Å²) in [5, 5.41) is 1.86. The Kier molecular flexibility index (Phi) is 3.81. The normalized spacial score (nSPS) is 17.9. The second-order valence-electron chi connectivity index (χ2n) is 4.62. The molecule has 0 aliphatic heterocycles. The molecular formula is C13H16BrClO. The monoisotopic (exact) mass is 302 g/mol. The average Bonchev–Trinajstić information content (AvgIpc) is 2.24. The predicted molar refractivity (Wildman–Crippen MR) is 71.8 cm³/mol. The standard InChI is InChI=1S/C13H16BrClO/c1-16-12-4-3-11(15)7-10(12)8-13(9-14)5-2-6-13/h3-4,7H,2,5-6,8-9H2,1H3. The number of methoxy groups -OCH3 is 1. The number of alkyl halides is 1. The summed E-state index contributed by atoms with van der Waals surface area (Å²) < 4.78 is 5.39. The van der Waals surface area contributed by atoms with Gasteiger partial charge in [0.25, 0.3) is 0 Å². The SMILES string of the molecule is COc1ccc(Cl)cc1CC1(CBr)CCC1. The molecule has 0 saturated heterocycles. The second-order valence-corrected chi connectivity index (χ2v) is 5.62. The Bertz CT molecular complexity index is 369. The molecule has 16 heavy (non-hydrogen) atoms. The van der Waals surface area contributed by atoms with E-state index in [0.717, 1.165) is 22.5 Å². The molecule has 1 aliphatic rings. The highest BCUT2D eigenvalue weighted by atomic mass is 79.9. The summed E-state index contributed by atoms with van der Waals surface area (Å²) in [5.41, 5.74) is 1.66. The minimum atomic E-state index is 0.429. The van der Waals surface area contributed by atoms with Crippen molar-refractivity contribution >= 4 is 27.5 Å². The van der Waals surface area contributed by atoms with Crippen molar-refractivity contribution in [3.63, 3.8) is 0 Å². The first-order valence-corrected chi connectivity index (χ1v) is 7.07. The van der Waals surface area contributed by atoms with Crippen LogP contribution in [0.2, 0.25) is 5.02 Å². The van der Waals surface area contributed by atoms with Crippen molar-refractivity contribution < 1.29 is 4.74 Å². The maximum absolute atomic E-state index is 6.04. The van der Waals surface area contributed by atoms with Crippen molar-refractivity contribution in [2.45, 2.75) is 25.7 Å². The Morgan fingerprint density at radius 2 is 2.19 bits per heavy atom. The van der Waals surface area contributed by atoms with Crippen LogP contribution in [0.5, 0.6) is 5.75 Å². The topological polar surface area (TPSA) is 9.23 Å². The van der Waals surface area contributed by atoms with E-state index in [4.69, 9.17) is 16.3 Å². The van der Waals surface area contributed by atoms with E-state index in [1.54, 1.807) is 7.11 Å². The summed E-state index contributed by atoms with van der Waals surface area (Å²) in [6.45, 7) is 0. The molecule has 2 rings (SSSR count). The largest absolute Gasteiger partial charge is 0.496 e. The average molecular weight is 304 g/mol. The van der Waals surface area contributed by atoms with E-state index in [1.165, 1.54) is 24.8 Å². The second kappa shape index (κ2) is 4.97. The fraction of sp³-hybridized carbons (Fsp3) is 0.538. The lowest BCUT2D eigenvalue weighted by Gasteiger charge is -2.41. The van der Waals surface area contributed by atoms with Gasteiger partial charge in [-0.05, 0) is 48.4 Å². The summed E-state index contributed by atoms with van der Waals surface area (Å²) in [7, 11) is 1.72. The molecular weight excluding hydrogens is 287 g/mol. The maximum Gasteiger partial charge on any atom is 0.122 e. The van der Waals surface area contributed by atoms with Crippen LogP contribution in [0.4, 0.5) is 0 Å². The first-order valence-electron chi connectivity index (χ1n) is 5.57. The molecule has 0 amide bonds. The molecule has 0 bridgehead atoms. The van der Waals surface area contributed by atoms with Gasteiger partial charge in [-0.25, -0.2) is 0 Å². The van der Waals surface area contributed by atoms with Crippen molar-refractivity contribution in [2.75, 3.05) is 12.4 Å². The van der Waals surface area contributed by atoms with E-state index in [1.807, 2.05) is 18.2 Å². The summed E-state index contributed by atoms with van der Waals surface area (Å²) >= 11 is 9.67. The zero-order chi connectivity index (χ0) is 11.6. The van der Waals surface area contributed by atoms with Crippen LogP contribution in [0.3, 0.4) is 0 Å². The lowest BCUT2D eigenvalue weighted by atomic mass is 9.67. The molecule has 0 atom stereocenters. The van der Waals surface area contributed by atoms with E-state index < -0.39 is 0 Å². The molecule has 0 heterocycles. The van der Waals surface area contributed by atoms with Crippen LogP contribution in [0.1, 0.15) is 24.8 Å². The Morgan fingerprint density at radius 1 is 1.44 bits per heavy atom. The van der Waals surface area contributed by atoms with Crippen LogP contribution in [0, 0.1) is 5.41 Å². The first-order chi connectivity index (χ1) is 7.69. The zero-order valence-corrected chi connectivity index (χ0v) is 11.8. The van der Waals surface area contributed by atoms with E-state index in [2.05, 4.69) is 15.9 Å². The minimum Gasteiger partial charge on any atom is -0.496 e. The molecule has 88 valence electrons.